The first-order chi connectivity index (χ1) is 11.9. The van der Waals surface area contributed by atoms with Crippen molar-refractivity contribution in [3.05, 3.63) is 63.4 Å². The van der Waals surface area contributed by atoms with Crippen LogP contribution in [0.4, 0.5) is 14.9 Å². The molecule has 25 heavy (non-hydrogen) atoms. The molecule has 132 valence electrons. The van der Waals surface area contributed by atoms with Gasteiger partial charge in [-0.2, -0.15) is 0 Å². The number of anilines is 1. The summed E-state index contributed by atoms with van der Waals surface area (Å²) in [5.41, 5.74) is 1.50. The molecule has 2 aromatic carbocycles. The molecule has 0 saturated heterocycles. The summed E-state index contributed by atoms with van der Waals surface area (Å²) in [6.07, 6.45) is 0. The minimum absolute atomic E-state index is 0.202. The molecule has 0 aliphatic rings. The zero-order valence-corrected chi connectivity index (χ0v) is 14.8. The summed E-state index contributed by atoms with van der Waals surface area (Å²) in [6, 6.07) is 8.19. The maximum Gasteiger partial charge on any atom is 0.319 e. The Labute approximate surface area is 154 Å². The lowest BCUT2D eigenvalue weighted by molar-refractivity contribution is 0.0954. The molecule has 0 aromatic heterocycles. The quantitative estimate of drug-likeness (QED) is 0.683. The maximum absolute atomic E-state index is 13.2. The minimum atomic E-state index is -0.488. The fraction of sp³-hybridized carbons (Fsp3) is 0.176. The third-order valence-electron chi connectivity index (χ3n) is 3.33. The Balaban J connectivity index is 1.76. The van der Waals surface area contributed by atoms with E-state index in [1.165, 1.54) is 24.3 Å². The fourth-order valence-corrected chi connectivity index (χ4v) is 2.28. The first-order valence-electron chi connectivity index (χ1n) is 7.41. The minimum Gasteiger partial charge on any atom is -0.350 e. The van der Waals surface area contributed by atoms with Crippen molar-refractivity contribution in [3.63, 3.8) is 0 Å². The van der Waals surface area contributed by atoms with Gasteiger partial charge in [-0.15, -0.1) is 0 Å². The summed E-state index contributed by atoms with van der Waals surface area (Å²) in [5, 5.41) is 8.42. The molecule has 2 aromatic rings. The molecule has 0 radical (unpaired) electrons. The summed E-state index contributed by atoms with van der Waals surface area (Å²) < 4.78 is 13.2. The number of hydrogen-bond acceptors (Lipinski definition) is 2. The van der Waals surface area contributed by atoms with Gasteiger partial charge in [0.05, 0.1) is 10.0 Å². The van der Waals surface area contributed by atoms with Crippen LogP contribution in [0.25, 0.3) is 0 Å². The standard InChI is InChI=1S/C17H16Cl2FN3O2/c1-10-2-4-12(20)9-15(10)23-17(25)22-7-6-21-16(24)11-3-5-13(18)14(19)8-11/h2-5,8-9H,6-7H2,1H3,(H,21,24)(H2,22,23,25). The molecule has 0 fully saturated rings. The Hall–Kier alpha value is -2.31. The number of nitrogens with one attached hydrogen (secondary N) is 3. The molecule has 0 heterocycles. The number of benzene rings is 2. The van der Waals surface area contributed by atoms with Crippen LogP contribution in [0.15, 0.2) is 36.4 Å². The molecular weight excluding hydrogens is 368 g/mol. The summed E-state index contributed by atoms with van der Waals surface area (Å²) in [6.45, 7) is 2.18. The van der Waals surface area contributed by atoms with E-state index in [2.05, 4.69) is 16.0 Å². The molecule has 0 atom stereocenters. The Morgan fingerprint density at radius 2 is 1.72 bits per heavy atom. The Morgan fingerprint density at radius 1 is 1.00 bits per heavy atom. The van der Waals surface area contributed by atoms with Crippen LogP contribution in [0, 0.1) is 12.7 Å². The van der Waals surface area contributed by atoms with E-state index in [-0.39, 0.29) is 24.0 Å². The second-order valence-electron chi connectivity index (χ2n) is 5.22. The van der Waals surface area contributed by atoms with Gasteiger partial charge >= 0.3 is 6.03 Å². The molecule has 8 heteroatoms. The van der Waals surface area contributed by atoms with Gasteiger partial charge in [0.2, 0.25) is 0 Å². The van der Waals surface area contributed by atoms with Gasteiger partial charge in [-0.3, -0.25) is 4.79 Å². The fourth-order valence-electron chi connectivity index (χ4n) is 1.99. The van der Waals surface area contributed by atoms with Crippen molar-refractivity contribution < 1.29 is 14.0 Å². The Kier molecular flexibility index (Phi) is 6.61. The highest BCUT2D eigenvalue weighted by molar-refractivity contribution is 6.42. The zero-order chi connectivity index (χ0) is 18.4. The van der Waals surface area contributed by atoms with Crippen LogP contribution in [0.3, 0.4) is 0 Å². The van der Waals surface area contributed by atoms with Gasteiger partial charge in [-0.1, -0.05) is 29.3 Å². The van der Waals surface area contributed by atoms with Crippen LogP contribution in [0.2, 0.25) is 10.0 Å². The maximum atomic E-state index is 13.2. The number of hydrogen-bond donors (Lipinski definition) is 3. The van der Waals surface area contributed by atoms with Crippen molar-refractivity contribution in [1.82, 2.24) is 10.6 Å². The van der Waals surface area contributed by atoms with Crippen LogP contribution in [0.5, 0.6) is 0 Å². The molecule has 0 spiro atoms. The largest absolute Gasteiger partial charge is 0.350 e. The van der Waals surface area contributed by atoms with E-state index in [4.69, 9.17) is 23.2 Å². The van der Waals surface area contributed by atoms with E-state index in [9.17, 15) is 14.0 Å². The van der Waals surface area contributed by atoms with E-state index in [0.717, 1.165) is 5.56 Å². The van der Waals surface area contributed by atoms with Crippen LogP contribution < -0.4 is 16.0 Å². The van der Waals surface area contributed by atoms with Crippen LogP contribution in [-0.2, 0) is 0 Å². The lowest BCUT2D eigenvalue weighted by atomic mass is 10.2. The first-order valence-corrected chi connectivity index (χ1v) is 8.16. The highest BCUT2D eigenvalue weighted by Crippen LogP contribution is 2.22. The number of aryl methyl sites for hydroxylation is 1. The number of rotatable bonds is 5. The Morgan fingerprint density at radius 3 is 2.44 bits per heavy atom. The van der Waals surface area contributed by atoms with Gasteiger partial charge in [0, 0.05) is 24.3 Å². The van der Waals surface area contributed by atoms with Crippen molar-refractivity contribution in [2.75, 3.05) is 18.4 Å². The number of carbonyl (C=O) groups is 2. The van der Waals surface area contributed by atoms with Gasteiger partial charge in [0.1, 0.15) is 5.82 Å². The van der Waals surface area contributed by atoms with Gasteiger partial charge < -0.3 is 16.0 Å². The molecule has 0 saturated carbocycles. The van der Waals surface area contributed by atoms with E-state index >= 15 is 0 Å². The third kappa shape index (κ3) is 5.62. The van der Waals surface area contributed by atoms with Crippen molar-refractivity contribution in [2.24, 2.45) is 0 Å². The molecule has 0 unspecified atom stereocenters. The SMILES string of the molecule is Cc1ccc(F)cc1NC(=O)NCCNC(=O)c1ccc(Cl)c(Cl)c1. The highest BCUT2D eigenvalue weighted by atomic mass is 35.5. The number of halogens is 3. The smallest absolute Gasteiger partial charge is 0.319 e. The van der Waals surface area contributed by atoms with E-state index in [1.54, 1.807) is 19.1 Å². The average Bonchev–Trinajstić information content (AvgIpc) is 2.57. The predicted octanol–water partition coefficient (Wildman–Crippen LogP) is 3.99. The molecule has 0 aliphatic carbocycles. The highest BCUT2D eigenvalue weighted by Gasteiger charge is 2.08. The van der Waals surface area contributed by atoms with Crippen molar-refractivity contribution >= 4 is 40.8 Å². The van der Waals surface area contributed by atoms with Gasteiger partial charge in [0.25, 0.3) is 5.91 Å². The average molecular weight is 384 g/mol. The molecule has 5 nitrogen and oxygen atoms in total. The van der Waals surface area contributed by atoms with Crippen molar-refractivity contribution in [2.45, 2.75) is 6.92 Å². The zero-order valence-electron chi connectivity index (χ0n) is 13.3. The second-order valence-corrected chi connectivity index (χ2v) is 6.04. The van der Waals surface area contributed by atoms with Crippen LogP contribution in [-0.4, -0.2) is 25.0 Å². The third-order valence-corrected chi connectivity index (χ3v) is 4.06. The molecule has 0 aliphatic heterocycles. The molecule has 2 rings (SSSR count). The summed E-state index contributed by atoms with van der Waals surface area (Å²) >= 11 is 11.7. The van der Waals surface area contributed by atoms with Crippen molar-refractivity contribution in [3.8, 4) is 0 Å². The summed E-state index contributed by atoms with van der Waals surface area (Å²) in [7, 11) is 0. The second kappa shape index (κ2) is 8.69. The van der Waals surface area contributed by atoms with Gasteiger partial charge in [-0.25, -0.2) is 9.18 Å². The van der Waals surface area contributed by atoms with E-state index < -0.39 is 11.8 Å². The van der Waals surface area contributed by atoms with Crippen LogP contribution in [0.1, 0.15) is 15.9 Å². The lowest BCUT2D eigenvalue weighted by Crippen LogP contribution is -2.36. The number of amides is 3. The molecular formula is C17H16Cl2FN3O2. The molecule has 3 N–H and O–H groups in total. The predicted molar refractivity (Wildman–Crippen MR) is 97.0 cm³/mol. The Bertz CT molecular complexity index is 799. The lowest BCUT2D eigenvalue weighted by Gasteiger charge is -2.10. The van der Waals surface area contributed by atoms with Crippen LogP contribution >= 0.6 is 23.2 Å². The van der Waals surface area contributed by atoms with Gasteiger partial charge in [-0.05, 0) is 42.8 Å². The van der Waals surface area contributed by atoms with E-state index in [1.807, 2.05) is 0 Å². The van der Waals surface area contributed by atoms with Gasteiger partial charge in [0.15, 0.2) is 0 Å². The monoisotopic (exact) mass is 383 g/mol. The van der Waals surface area contributed by atoms with Crippen molar-refractivity contribution in [1.29, 1.82) is 0 Å². The first kappa shape index (κ1) is 19.0. The summed E-state index contributed by atoms with van der Waals surface area (Å²) in [5.74, 6) is -0.767. The normalized spacial score (nSPS) is 10.2. The topological polar surface area (TPSA) is 70.2 Å². The van der Waals surface area contributed by atoms with E-state index in [0.29, 0.717) is 16.3 Å². The molecule has 3 amide bonds. The summed E-state index contributed by atoms with van der Waals surface area (Å²) in [4.78, 5) is 23.7. The number of urea groups is 1. The molecule has 0 bridgehead atoms. The number of carbonyl (C=O) groups excluding carboxylic acids is 2.